The molecule has 0 unspecified atom stereocenters. The summed E-state index contributed by atoms with van der Waals surface area (Å²) < 4.78 is 43.2. The van der Waals surface area contributed by atoms with Gasteiger partial charge in [0.15, 0.2) is 5.71 Å². The maximum Gasteiger partial charge on any atom is 0.437 e. The largest absolute Gasteiger partial charge is 0.437 e. The van der Waals surface area contributed by atoms with E-state index >= 15 is 0 Å². The van der Waals surface area contributed by atoms with Crippen molar-refractivity contribution in [1.82, 2.24) is 14.9 Å². The summed E-state index contributed by atoms with van der Waals surface area (Å²) >= 11 is 9.45. The van der Waals surface area contributed by atoms with Gasteiger partial charge in [-0.1, -0.05) is 38.8 Å². The van der Waals surface area contributed by atoms with Crippen molar-refractivity contribution in [1.29, 1.82) is 0 Å². The minimum absolute atomic E-state index is 0.0285. The Labute approximate surface area is 195 Å². The van der Waals surface area contributed by atoms with Gasteiger partial charge in [0.25, 0.3) is 0 Å². The lowest BCUT2D eigenvalue weighted by Crippen LogP contribution is -2.25. The number of benzene rings is 2. The van der Waals surface area contributed by atoms with Crippen molar-refractivity contribution in [3.05, 3.63) is 57.5 Å². The number of halogens is 5. The lowest BCUT2D eigenvalue weighted by Gasteiger charge is -2.13. The molecule has 0 aliphatic rings. The van der Waals surface area contributed by atoms with Crippen LogP contribution in [0.2, 0.25) is 5.02 Å². The van der Waals surface area contributed by atoms with Crippen molar-refractivity contribution >= 4 is 55.0 Å². The third-order valence-corrected chi connectivity index (χ3v) is 5.63. The highest BCUT2D eigenvalue weighted by Gasteiger charge is 2.41. The molecule has 2 N–H and O–H groups in total. The zero-order valence-electron chi connectivity index (χ0n) is 17.1. The molecular formula is C22H19BrClF3N4O. The van der Waals surface area contributed by atoms with Crippen LogP contribution < -0.4 is 0 Å². The average molecular weight is 528 g/mol. The monoisotopic (exact) mass is 526 g/mol. The lowest BCUT2D eigenvalue weighted by molar-refractivity contribution is -0.0615. The number of fused-ring (bicyclic) bond motifs is 2. The van der Waals surface area contributed by atoms with Gasteiger partial charge in [0.1, 0.15) is 6.61 Å². The standard InChI is InChI=1S/C22H19BrClF3N4O/c1-31(2)7-8-32-30-21(22(25,26)27)19-15-5-3-13(23)11-17(15)29-20(19)18-10-12-9-14(24)4-6-16(12)28-18/h3-6,9-11,28-29H,7-8H2,1-2H3/b30-21-. The van der Waals surface area contributed by atoms with E-state index in [1.807, 2.05) is 0 Å². The summed E-state index contributed by atoms with van der Waals surface area (Å²) in [4.78, 5) is 13.2. The van der Waals surface area contributed by atoms with Crippen LogP contribution >= 0.6 is 27.5 Å². The Morgan fingerprint density at radius 1 is 1.09 bits per heavy atom. The normalized spacial score (nSPS) is 12.9. The van der Waals surface area contributed by atoms with E-state index in [1.54, 1.807) is 61.5 Å². The highest BCUT2D eigenvalue weighted by atomic mass is 79.9. The van der Waals surface area contributed by atoms with Crippen molar-refractivity contribution in [3.63, 3.8) is 0 Å². The maximum absolute atomic E-state index is 14.2. The molecule has 0 amide bonds. The van der Waals surface area contributed by atoms with E-state index in [-0.39, 0.29) is 17.9 Å². The summed E-state index contributed by atoms with van der Waals surface area (Å²) in [6.07, 6.45) is -4.73. The van der Waals surface area contributed by atoms with Crippen LogP contribution in [0.25, 0.3) is 33.2 Å². The third kappa shape index (κ3) is 4.65. The third-order valence-electron chi connectivity index (χ3n) is 4.90. The first-order chi connectivity index (χ1) is 15.1. The molecule has 4 aromatic rings. The fourth-order valence-corrected chi connectivity index (χ4v) is 3.97. The van der Waals surface area contributed by atoms with Crippen LogP contribution in [0.4, 0.5) is 13.2 Å². The molecule has 0 spiro atoms. The Morgan fingerprint density at radius 3 is 2.59 bits per heavy atom. The second-order valence-corrected chi connectivity index (χ2v) is 8.91. The molecule has 5 nitrogen and oxygen atoms in total. The number of oxime groups is 1. The Balaban J connectivity index is 1.91. The summed E-state index contributed by atoms with van der Waals surface area (Å²) in [5.74, 6) is 0. The van der Waals surface area contributed by atoms with Crippen molar-refractivity contribution < 1.29 is 18.0 Å². The molecule has 2 heterocycles. The molecule has 0 fully saturated rings. The topological polar surface area (TPSA) is 56.4 Å². The van der Waals surface area contributed by atoms with Gasteiger partial charge >= 0.3 is 6.18 Å². The molecular weight excluding hydrogens is 509 g/mol. The van der Waals surface area contributed by atoms with E-state index < -0.39 is 11.9 Å². The zero-order chi connectivity index (χ0) is 23.0. The van der Waals surface area contributed by atoms with Crippen molar-refractivity contribution in [2.75, 3.05) is 27.2 Å². The number of rotatable bonds is 6. The minimum atomic E-state index is -4.73. The molecule has 0 atom stereocenters. The van der Waals surface area contributed by atoms with E-state index in [0.29, 0.717) is 28.2 Å². The van der Waals surface area contributed by atoms with E-state index in [2.05, 4.69) is 31.1 Å². The van der Waals surface area contributed by atoms with Crippen LogP contribution in [0.3, 0.4) is 0 Å². The number of aromatic nitrogens is 2. The predicted molar refractivity (Wildman–Crippen MR) is 125 cm³/mol. The molecule has 0 saturated heterocycles. The van der Waals surface area contributed by atoms with Crippen LogP contribution in [0, 0.1) is 0 Å². The van der Waals surface area contributed by atoms with E-state index in [4.69, 9.17) is 16.4 Å². The number of hydrogen-bond acceptors (Lipinski definition) is 3. The molecule has 2 aromatic carbocycles. The number of H-pyrrole nitrogens is 2. The summed E-state index contributed by atoms with van der Waals surface area (Å²) in [5.41, 5.74) is 0.848. The minimum Gasteiger partial charge on any atom is -0.394 e. The number of nitrogens with zero attached hydrogens (tertiary/aromatic N) is 2. The fraction of sp³-hybridized carbons (Fsp3) is 0.227. The summed E-state index contributed by atoms with van der Waals surface area (Å²) in [7, 11) is 3.60. The highest BCUT2D eigenvalue weighted by molar-refractivity contribution is 9.10. The van der Waals surface area contributed by atoms with Crippen molar-refractivity contribution in [2.45, 2.75) is 6.18 Å². The molecule has 4 rings (SSSR count). The Hall–Kier alpha value is -2.49. The number of hydrogen-bond donors (Lipinski definition) is 2. The predicted octanol–water partition coefficient (Wildman–Crippen LogP) is 6.58. The number of alkyl halides is 3. The molecule has 32 heavy (non-hydrogen) atoms. The molecule has 0 aliphatic carbocycles. The van der Waals surface area contributed by atoms with Gasteiger partial charge in [-0.3, -0.25) is 0 Å². The fourth-order valence-electron chi connectivity index (χ4n) is 3.43. The second kappa shape index (κ2) is 8.80. The summed E-state index contributed by atoms with van der Waals surface area (Å²) in [6, 6.07) is 12.0. The van der Waals surface area contributed by atoms with Gasteiger partial charge in [-0.25, -0.2) is 0 Å². The quantitative estimate of drug-likeness (QED) is 0.169. The van der Waals surface area contributed by atoms with Gasteiger partial charge in [-0.15, -0.1) is 0 Å². The second-order valence-electron chi connectivity index (χ2n) is 7.55. The average Bonchev–Trinajstić information content (AvgIpc) is 3.27. The van der Waals surface area contributed by atoms with Gasteiger partial charge in [-0.2, -0.15) is 13.2 Å². The molecule has 168 valence electrons. The van der Waals surface area contributed by atoms with Crippen LogP contribution in [0.5, 0.6) is 0 Å². The van der Waals surface area contributed by atoms with Crippen molar-refractivity contribution in [2.24, 2.45) is 5.16 Å². The molecule has 0 radical (unpaired) electrons. The molecule has 0 bridgehead atoms. The van der Waals surface area contributed by atoms with E-state index in [1.165, 1.54) is 0 Å². The molecule has 0 saturated carbocycles. The molecule has 2 aromatic heterocycles. The van der Waals surface area contributed by atoms with Crippen molar-refractivity contribution in [3.8, 4) is 11.4 Å². The number of likely N-dealkylation sites (N-methyl/N-ethyl adjacent to an activating group) is 1. The van der Waals surface area contributed by atoms with Gasteiger partial charge in [0.05, 0.1) is 11.4 Å². The van der Waals surface area contributed by atoms with Crippen LogP contribution in [-0.2, 0) is 4.84 Å². The van der Waals surface area contributed by atoms with Gasteiger partial charge in [-0.05, 0) is 50.5 Å². The van der Waals surface area contributed by atoms with E-state index in [0.717, 1.165) is 15.4 Å². The first-order valence-electron chi connectivity index (χ1n) is 9.65. The molecule has 0 aliphatic heterocycles. The SMILES string of the molecule is CN(C)CCO/N=C(/c1c(-c2cc3cc(Cl)ccc3[nH]2)[nH]c2cc(Br)ccc12)C(F)(F)F. The van der Waals surface area contributed by atoms with Gasteiger partial charge in [0.2, 0.25) is 0 Å². The molecule has 10 heteroatoms. The van der Waals surface area contributed by atoms with Crippen LogP contribution in [-0.4, -0.2) is 54.0 Å². The maximum atomic E-state index is 14.2. The number of aromatic amines is 2. The summed E-state index contributed by atoms with van der Waals surface area (Å²) in [6.45, 7) is 0.464. The zero-order valence-corrected chi connectivity index (χ0v) is 19.5. The van der Waals surface area contributed by atoms with Crippen LogP contribution in [0.15, 0.2) is 52.1 Å². The Bertz CT molecular complexity index is 1310. The first-order valence-corrected chi connectivity index (χ1v) is 10.8. The summed E-state index contributed by atoms with van der Waals surface area (Å²) in [5, 5.41) is 5.24. The van der Waals surface area contributed by atoms with Crippen LogP contribution in [0.1, 0.15) is 5.56 Å². The first kappa shape index (κ1) is 22.7. The van der Waals surface area contributed by atoms with Gasteiger partial charge < -0.3 is 19.7 Å². The Kier molecular flexibility index (Phi) is 6.24. The lowest BCUT2D eigenvalue weighted by atomic mass is 10.0. The Morgan fingerprint density at radius 2 is 1.88 bits per heavy atom. The highest BCUT2D eigenvalue weighted by Crippen LogP contribution is 2.37. The van der Waals surface area contributed by atoms with Gasteiger partial charge in [0, 0.05) is 43.4 Å². The van der Waals surface area contributed by atoms with E-state index in [9.17, 15) is 13.2 Å². The smallest absolute Gasteiger partial charge is 0.394 e. The number of nitrogens with one attached hydrogen (secondary N) is 2.